The van der Waals surface area contributed by atoms with Crippen LogP contribution in [0, 0.1) is 9.41 Å². The van der Waals surface area contributed by atoms with E-state index in [1.54, 1.807) is 25.9 Å². The first-order valence-electron chi connectivity index (χ1n) is 7.36. The van der Waals surface area contributed by atoms with E-state index in [2.05, 4.69) is 4.98 Å². The molecule has 2 atom stereocenters. The van der Waals surface area contributed by atoms with Gasteiger partial charge in [0.25, 0.3) is 0 Å². The average molecular weight is 374 g/mol. The van der Waals surface area contributed by atoms with E-state index in [-0.39, 0.29) is 6.61 Å². The summed E-state index contributed by atoms with van der Waals surface area (Å²) in [7, 11) is 6.63. The highest BCUT2D eigenvalue weighted by atomic mass is 32.1. The lowest BCUT2D eigenvalue weighted by Crippen LogP contribution is -2.24. The van der Waals surface area contributed by atoms with Crippen LogP contribution in [-0.2, 0) is 30.7 Å². The van der Waals surface area contributed by atoms with Crippen LogP contribution in [0.25, 0.3) is 0 Å². The minimum Gasteiger partial charge on any atom is -0.495 e. The summed E-state index contributed by atoms with van der Waals surface area (Å²) in [6, 6.07) is 0. The highest BCUT2D eigenvalue weighted by molar-refractivity contribution is 7.72. The van der Waals surface area contributed by atoms with E-state index in [0.29, 0.717) is 34.1 Å². The average Bonchev–Trinajstić information content (AvgIpc) is 2.89. The molecule has 1 aromatic heterocycles. The van der Waals surface area contributed by atoms with Crippen molar-refractivity contribution >= 4 is 24.4 Å². The number of H-pyrrole nitrogens is 1. The van der Waals surface area contributed by atoms with Gasteiger partial charge in [-0.05, 0) is 12.2 Å². The summed E-state index contributed by atoms with van der Waals surface area (Å²) in [5.41, 5.74) is 0.768. The van der Waals surface area contributed by atoms with E-state index in [4.69, 9.17) is 48.1 Å². The molecule has 134 valence electrons. The standard InChI is InChI=1S/C15H22N2O5S2/c1-17-7-9(14(23)16-15(17)24)11-13(21-6-5-18-2)12(20-4)10(22-11)8-19-3/h7,11,13H,5-6,8H2,1-4H3,(H,16,23,24)/t11-,13?/m0/s1. The van der Waals surface area contributed by atoms with Gasteiger partial charge in [0.2, 0.25) is 0 Å². The van der Waals surface area contributed by atoms with E-state index >= 15 is 0 Å². The van der Waals surface area contributed by atoms with Gasteiger partial charge in [0.1, 0.15) is 11.2 Å². The molecule has 0 fully saturated rings. The van der Waals surface area contributed by atoms with Crippen LogP contribution in [0.2, 0.25) is 0 Å². The van der Waals surface area contributed by atoms with Gasteiger partial charge in [0.05, 0.1) is 20.3 Å². The highest BCUT2D eigenvalue weighted by Gasteiger charge is 2.40. The Bertz CT molecular complexity index is 713. The summed E-state index contributed by atoms with van der Waals surface area (Å²) in [6.07, 6.45) is 0.954. The first kappa shape index (κ1) is 19.1. The molecule has 0 radical (unpaired) electrons. The van der Waals surface area contributed by atoms with Crippen molar-refractivity contribution in [1.29, 1.82) is 0 Å². The van der Waals surface area contributed by atoms with Crippen LogP contribution in [0.4, 0.5) is 0 Å². The Morgan fingerprint density at radius 3 is 2.58 bits per heavy atom. The summed E-state index contributed by atoms with van der Waals surface area (Å²) in [5, 5.41) is 0. The zero-order chi connectivity index (χ0) is 17.7. The number of methoxy groups -OCH3 is 3. The van der Waals surface area contributed by atoms with E-state index in [1.165, 1.54) is 0 Å². The second-order valence-electron chi connectivity index (χ2n) is 5.20. The molecular weight excluding hydrogens is 352 g/mol. The maximum absolute atomic E-state index is 6.04. The third-order valence-corrected chi connectivity index (χ3v) is 4.33. The Morgan fingerprint density at radius 2 is 1.96 bits per heavy atom. The number of hydrogen-bond acceptors (Lipinski definition) is 7. The van der Waals surface area contributed by atoms with Gasteiger partial charge in [-0.1, -0.05) is 12.2 Å². The molecule has 0 bridgehead atoms. The van der Waals surface area contributed by atoms with Gasteiger partial charge in [-0.25, -0.2) is 0 Å². The number of hydrogen-bond donors (Lipinski definition) is 1. The normalized spacial score (nSPS) is 20.3. The Balaban J connectivity index is 2.39. The van der Waals surface area contributed by atoms with Gasteiger partial charge in [-0.3, -0.25) is 0 Å². The highest BCUT2D eigenvalue weighted by Crippen LogP contribution is 2.39. The molecular formula is C15H22N2O5S2. The summed E-state index contributed by atoms with van der Waals surface area (Å²) in [4.78, 5) is 2.99. The van der Waals surface area contributed by atoms with Crippen LogP contribution in [0.15, 0.2) is 17.7 Å². The van der Waals surface area contributed by atoms with E-state index < -0.39 is 12.2 Å². The van der Waals surface area contributed by atoms with E-state index in [9.17, 15) is 0 Å². The minimum atomic E-state index is -0.451. The molecule has 2 heterocycles. The summed E-state index contributed by atoms with van der Waals surface area (Å²) in [5.74, 6) is 1.18. The number of rotatable bonds is 8. The van der Waals surface area contributed by atoms with Crippen LogP contribution in [0.5, 0.6) is 0 Å². The van der Waals surface area contributed by atoms with Crippen molar-refractivity contribution in [3.63, 3.8) is 0 Å². The number of nitrogens with one attached hydrogen (secondary N) is 1. The van der Waals surface area contributed by atoms with Crippen molar-refractivity contribution in [3.05, 3.63) is 32.7 Å². The molecule has 0 saturated heterocycles. The number of ether oxygens (including phenoxy) is 5. The summed E-state index contributed by atoms with van der Waals surface area (Å²) >= 11 is 10.6. The number of aryl methyl sites for hydroxylation is 1. The fraction of sp³-hybridized carbons (Fsp3) is 0.600. The largest absolute Gasteiger partial charge is 0.495 e. The van der Waals surface area contributed by atoms with Crippen molar-refractivity contribution in [2.75, 3.05) is 41.2 Å². The maximum atomic E-state index is 6.04. The van der Waals surface area contributed by atoms with Crippen molar-refractivity contribution in [3.8, 4) is 0 Å². The molecule has 0 spiro atoms. The molecule has 7 nitrogen and oxygen atoms in total. The van der Waals surface area contributed by atoms with Crippen LogP contribution < -0.4 is 0 Å². The second-order valence-corrected chi connectivity index (χ2v) is 6.00. The maximum Gasteiger partial charge on any atom is 0.177 e. The van der Waals surface area contributed by atoms with Crippen molar-refractivity contribution < 1.29 is 23.7 Å². The molecule has 2 rings (SSSR count). The third-order valence-electron chi connectivity index (χ3n) is 3.60. The van der Waals surface area contributed by atoms with Crippen molar-refractivity contribution in [2.45, 2.75) is 12.2 Å². The van der Waals surface area contributed by atoms with Crippen molar-refractivity contribution in [1.82, 2.24) is 9.55 Å². The molecule has 0 saturated carbocycles. The number of nitrogens with zero attached hydrogens (tertiary/aromatic N) is 1. The Morgan fingerprint density at radius 1 is 1.21 bits per heavy atom. The Kier molecular flexibility index (Phi) is 6.93. The quantitative estimate of drug-likeness (QED) is 0.554. The molecule has 1 unspecified atom stereocenters. The van der Waals surface area contributed by atoms with Gasteiger partial charge in [-0.15, -0.1) is 0 Å². The number of aromatic nitrogens is 2. The third kappa shape index (κ3) is 4.04. The summed E-state index contributed by atoms with van der Waals surface area (Å²) in [6.45, 7) is 1.15. The molecule has 1 aliphatic rings. The molecule has 1 aliphatic heterocycles. The smallest absolute Gasteiger partial charge is 0.177 e. The van der Waals surface area contributed by atoms with Gasteiger partial charge in [-0.2, -0.15) is 0 Å². The van der Waals surface area contributed by atoms with Gasteiger partial charge in [0, 0.05) is 33.0 Å². The lowest BCUT2D eigenvalue weighted by molar-refractivity contribution is -0.0386. The van der Waals surface area contributed by atoms with Gasteiger partial charge in [0.15, 0.2) is 28.5 Å². The summed E-state index contributed by atoms with van der Waals surface area (Å²) < 4.78 is 30.5. The van der Waals surface area contributed by atoms with Gasteiger partial charge < -0.3 is 33.2 Å². The zero-order valence-electron chi connectivity index (χ0n) is 14.2. The molecule has 1 N–H and O–H groups in total. The molecule has 0 amide bonds. The fourth-order valence-electron chi connectivity index (χ4n) is 2.47. The topological polar surface area (TPSA) is 66.9 Å². The van der Waals surface area contributed by atoms with Crippen LogP contribution in [-0.4, -0.2) is 56.8 Å². The fourth-order valence-corrected chi connectivity index (χ4v) is 2.95. The molecule has 1 aromatic rings. The predicted molar refractivity (Wildman–Crippen MR) is 92.8 cm³/mol. The van der Waals surface area contributed by atoms with Gasteiger partial charge >= 0.3 is 0 Å². The predicted octanol–water partition coefficient (Wildman–Crippen LogP) is 2.42. The van der Waals surface area contributed by atoms with Crippen LogP contribution >= 0.6 is 24.4 Å². The lowest BCUT2D eigenvalue weighted by Gasteiger charge is -2.21. The van der Waals surface area contributed by atoms with E-state index in [0.717, 1.165) is 5.56 Å². The zero-order valence-corrected chi connectivity index (χ0v) is 15.8. The number of aromatic amines is 1. The SMILES string of the molecule is COCCOC1C(OC)=C(COC)O[C@H]1c1cn(C)c(=S)[nH]c1=S. The monoisotopic (exact) mass is 374 g/mol. The minimum absolute atomic E-state index is 0.283. The first-order chi connectivity index (χ1) is 11.5. The molecule has 24 heavy (non-hydrogen) atoms. The van der Waals surface area contributed by atoms with Crippen LogP contribution in [0.1, 0.15) is 11.7 Å². The molecule has 0 aliphatic carbocycles. The first-order valence-corrected chi connectivity index (χ1v) is 8.18. The van der Waals surface area contributed by atoms with E-state index in [1.807, 2.05) is 13.2 Å². The molecule has 9 heteroatoms. The lowest BCUT2D eigenvalue weighted by atomic mass is 10.1. The Labute approximate surface area is 151 Å². The van der Waals surface area contributed by atoms with Crippen molar-refractivity contribution in [2.24, 2.45) is 7.05 Å². The van der Waals surface area contributed by atoms with Crippen LogP contribution in [0.3, 0.4) is 0 Å². The second kappa shape index (κ2) is 8.72. The Hall–Kier alpha value is -1.26. The molecule has 0 aromatic carbocycles.